The Labute approximate surface area is 105 Å². The maximum atomic E-state index is 11.4. The molecule has 3 heteroatoms. The highest BCUT2D eigenvalue weighted by Gasteiger charge is 2.17. The van der Waals surface area contributed by atoms with Gasteiger partial charge in [-0.15, -0.1) is 0 Å². The zero-order valence-electron chi connectivity index (χ0n) is 11.9. The minimum absolute atomic E-state index is 0.147. The van der Waals surface area contributed by atoms with Crippen molar-refractivity contribution in [2.24, 2.45) is 11.8 Å². The molecule has 0 aromatic carbocycles. The molecule has 0 aromatic rings. The molecule has 0 bridgehead atoms. The van der Waals surface area contributed by atoms with Gasteiger partial charge in [-0.25, -0.2) is 4.79 Å². The van der Waals surface area contributed by atoms with Crippen LogP contribution in [0.1, 0.15) is 48.0 Å². The van der Waals surface area contributed by atoms with Crippen LogP contribution in [0.5, 0.6) is 0 Å². The Morgan fingerprint density at radius 2 is 1.82 bits per heavy atom. The van der Waals surface area contributed by atoms with Gasteiger partial charge in [0.2, 0.25) is 0 Å². The number of hydrogen-bond acceptors (Lipinski definition) is 3. The van der Waals surface area contributed by atoms with Crippen molar-refractivity contribution in [1.82, 2.24) is 0 Å². The van der Waals surface area contributed by atoms with Crippen molar-refractivity contribution >= 4 is 5.97 Å². The van der Waals surface area contributed by atoms with Crippen molar-refractivity contribution in [3.05, 3.63) is 12.2 Å². The van der Waals surface area contributed by atoms with Crippen LogP contribution in [0.25, 0.3) is 0 Å². The first-order chi connectivity index (χ1) is 7.63. The molecule has 0 unspecified atom stereocenters. The molecule has 100 valence electrons. The molecule has 0 amide bonds. The van der Waals surface area contributed by atoms with E-state index in [-0.39, 0.29) is 23.9 Å². The van der Waals surface area contributed by atoms with Crippen molar-refractivity contribution in [2.75, 3.05) is 0 Å². The van der Waals surface area contributed by atoms with E-state index < -0.39 is 5.60 Å². The van der Waals surface area contributed by atoms with Crippen LogP contribution in [-0.2, 0) is 9.53 Å². The maximum Gasteiger partial charge on any atom is 0.330 e. The Bertz CT molecular complexity index is 261. The van der Waals surface area contributed by atoms with Gasteiger partial charge >= 0.3 is 5.97 Å². The Morgan fingerprint density at radius 3 is 2.24 bits per heavy atom. The van der Waals surface area contributed by atoms with Crippen LogP contribution in [0.4, 0.5) is 0 Å². The molecule has 0 aliphatic heterocycles. The first-order valence-corrected chi connectivity index (χ1v) is 6.21. The van der Waals surface area contributed by atoms with Gasteiger partial charge < -0.3 is 9.84 Å². The summed E-state index contributed by atoms with van der Waals surface area (Å²) in [5, 5.41) is 9.80. The first kappa shape index (κ1) is 16.2. The van der Waals surface area contributed by atoms with Crippen LogP contribution in [0.15, 0.2) is 12.2 Å². The number of carbonyl (C=O) groups excluding carboxylic acids is 1. The Hall–Kier alpha value is -0.830. The van der Waals surface area contributed by atoms with Crippen LogP contribution >= 0.6 is 0 Å². The van der Waals surface area contributed by atoms with Gasteiger partial charge in [0.1, 0.15) is 5.60 Å². The minimum atomic E-state index is -0.454. The predicted octanol–water partition coefficient (Wildman–Crippen LogP) is 2.93. The summed E-state index contributed by atoms with van der Waals surface area (Å²) in [7, 11) is 0. The van der Waals surface area contributed by atoms with Crippen molar-refractivity contribution in [1.29, 1.82) is 0 Å². The number of aliphatic hydroxyl groups is 1. The largest absolute Gasteiger partial charge is 0.457 e. The third-order valence-electron chi connectivity index (χ3n) is 2.43. The molecule has 0 fully saturated rings. The van der Waals surface area contributed by atoms with E-state index in [4.69, 9.17) is 4.74 Å². The monoisotopic (exact) mass is 242 g/mol. The van der Waals surface area contributed by atoms with Crippen LogP contribution < -0.4 is 0 Å². The highest BCUT2D eigenvalue weighted by molar-refractivity contribution is 5.82. The second kappa shape index (κ2) is 6.80. The smallest absolute Gasteiger partial charge is 0.330 e. The van der Waals surface area contributed by atoms with E-state index in [1.165, 1.54) is 6.08 Å². The number of ether oxygens (including phenoxy) is 1. The van der Waals surface area contributed by atoms with Gasteiger partial charge in [-0.05, 0) is 39.0 Å². The zero-order chi connectivity index (χ0) is 13.6. The van der Waals surface area contributed by atoms with E-state index in [2.05, 4.69) is 0 Å². The SMILES string of the molecule is CC(C)[C@@H](O)[C@@H](C)C/C=C/C(=O)OC(C)(C)C. The van der Waals surface area contributed by atoms with Crippen LogP contribution in [-0.4, -0.2) is 22.8 Å². The average molecular weight is 242 g/mol. The van der Waals surface area contributed by atoms with Crippen LogP contribution in [0.2, 0.25) is 0 Å². The molecule has 0 saturated heterocycles. The lowest BCUT2D eigenvalue weighted by Crippen LogP contribution is -2.24. The number of esters is 1. The number of rotatable bonds is 5. The molecular formula is C14H26O3. The van der Waals surface area contributed by atoms with Gasteiger partial charge in [-0.2, -0.15) is 0 Å². The molecule has 0 aliphatic carbocycles. The summed E-state index contributed by atoms with van der Waals surface area (Å²) in [6.07, 6.45) is 3.55. The molecule has 0 heterocycles. The van der Waals surface area contributed by atoms with Crippen LogP contribution in [0, 0.1) is 11.8 Å². The number of hydrogen-bond donors (Lipinski definition) is 1. The number of aliphatic hydroxyl groups excluding tert-OH is 1. The van der Waals surface area contributed by atoms with E-state index in [0.717, 1.165) is 0 Å². The highest BCUT2D eigenvalue weighted by atomic mass is 16.6. The Balaban J connectivity index is 4.07. The van der Waals surface area contributed by atoms with Crippen molar-refractivity contribution in [3.63, 3.8) is 0 Å². The van der Waals surface area contributed by atoms with E-state index in [1.54, 1.807) is 6.08 Å². The van der Waals surface area contributed by atoms with Gasteiger partial charge in [0, 0.05) is 6.08 Å². The molecule has 3 nitrogen and oxygen atoms in total. The lowest BCUT2D eigenvalue weighted by molar-refractivity contribution is -0.148. The topological polar surface area (TPSA) is 46.5 Å². The molecule has 0 rings (SSSR count). The lowest BCUT2D eigenvalue weighted by atomic mass is 9.92. The molecule has 1 N–H and O–H groups in total. The van der Waals surface area contributed by atoms with Gasteiger partial charge in [-0.3, -0.25) is 0 Å². The number of carbonyl (C=O) groups is 1. The van der Waals surface area contributed by atoms with E-state index in [9.17, 15) is 9.90 Å². The fourth-order valence-corrected chi connectivity index (χ4v) is 1.51. The number of allylic oxidation sites excluding steroid dienone is 1. The molecule has 0 aliphatic rings. The Morgan fingerprint density at radius 1 is 1.29 bits per heavy atom. The summed E-state index contributed by atoms with van der Waals surface area (Å²) in [4.78, 5) is 11.4. The summed E-state index contributed by atoms with van der Waals surface area (Å²) < 4.78 is 5.14. The lowest BCUT2D eigenvalue weighted by Gasteiger charge is -2.21. The highest BCUT2D eigenvalue weighted by Crippen LogP contribution is 2.16. The summed E-state index contributed by atoms with van der Waals surface area (Å²) in [5.74, 6) is 0.0531. The first-order valence-electron chi connectivity index (χ1n) is 6.21. The fourth-order valence-electron chi connectivity index (χ4n) is 1.51. The molecule has 0 saturated carbocycles. The third kappa shape index (κ3) is 7.97. The van der Waals surface area contributed by atoms with Gasteiger partial charge in [0.05, 0.1) is 6.10 Å². The molecule has 0 radical (unpaired) electrons. The van der Waals surface area contributed by atoms with Crippen molar-refractivity contribution < 1.29 is 14.6 Å². The second-order valence-corrected chi connectivity index (χ2v) is 5.88. The van der Waals surface area contributed by atoms with Gasteiger partial charge in [0.15, 0.2) is 0 Å². The third-order valence-corrected chi connectivity index (χ3v) is 2.43. The van der Waals surface area contributed by atoms with Gasteiger partial charge in [0.25, 0.3) is 0 Å². The normalized spacial score (nSPS) is 16.2. The summed E-state index contributed by atoms with van der Waals surface area (Å²) in [5.41, 5.74) is -0.454. The fraction of sp³-hybridized carbons (Fsp3) is 0.786. The standard InChI is InChI=1S/C14H26O3/c1-10(2)13(16)11(3)8-7-9-12(15)17-14(4,5)6/h7,9-11,13,16H,8H2,1-6H3/b9-7+/t11-,13+/m0/s1. The van der Waals surface area contributed by atoms with Gasteiger partial charge in [-0.1, -0.05) is 26.8 Å². The van der Waals surface area contributed by atoms with Crippen LogP contribution in [0.3, 0.4) is 0 Å². The summed E-state index contributed by atoms with van der Waals surface area (Å²) in [6.45, 7) is 11.5. The predicted molar refractivity (Wildman–Crippen MR) is 69.6 cm³/mol. The molecule has 0 spiro atoms. The molecule has 0 aromatic heterocycles. The maximum absolute atomic E-state index is 11.4. The minimum Gasteiger partial charge on any atom is -0.457 e. The molecule has 2 atom stereocenters. The van der Waals surface area contributed by atoms with E-state index in [0.29, 0.717) is 6.42 Å². The van der Waals surface area contributed by atoms with Crippen molar-refractivity contribution in [2.45, 2.75) is 59.7 Å². The van der Waals surface area contributed by atoms with E-state index in [1.807, 2.05) is 41.5 Å². The summed E-state index contributed by atoms with van der Waals surface area (Å²) >= 11 is 0. The quantitative estimate of drug-likeness (QED) is 0.595. The molecular weight excluding hydrogens is 216 g/mol. The zero-order valence-corrected chi connectivity index (χ0v) is 11.9. The van der Waals surface area contributed by atoms with Crippen molar-refractivity contribution in [3.8, 4) is 0 Å². The Kier molecular flexibility index (Phi) is 6.46. The second-order valence-electron chi connectivity index (χ2n) is 5.88. The summed E-state index contributed by atoms with van der Waals surface area (Å²) in [6, 6.07) is 0. The van der Waals surface area contributed by atoms with E-state index >= 15 is 0 Å². The average Bonchev–Trinajstić information content (AvgIpc) is 2.13. The molecule has 17 heavy (non-hydrogen) atoms.